The van der Waals surface area contributed by atoms with Crippen molar-refractivity contribution in [3.8, 4) is 0 Å². The molecule has 5 fully saturated rings. The van der Waals surface area contributed by atoms with Gasteiger partial charge in [-0.2, -0.15) is 0 Å². The number of aliphatic carboxylic acids is 1. The second-order valence-electron chi connectivity index (χ2n) is 21.1. The number of alkyl halides is 1. The normalized spacial score (nSPS) is 42.5. The molecule has 0 aromatic carbocycles. The molecule has 0 spiro atoms. The molecular weight excluding hydrogens is 710 g/mol. The molecule has 6 rings (SSSR count). The minimum atomic E-state index is -3.07. The van der Waals surface area contributed by atoms with Gasteiger partial charge in [0.2, 0.25) is 0 Å². The van der Waals surface area contributed by atoms with Crippen molar-refractivity contribution >= 4 is 15.8 Å². The number of rotatable bonds is 13. The van der Waals surface area contributed by atoms with E-state index in [2.05, 4.69) is 65.6 Å². The van der Waals surface area contributed by atoms with Crippen LogP contribution in [0.1, 0.15) is 164 Å². The lowest BCUT2D eigenvalue weighted by Crippen LogP contribution is -2.65. The quantitative estimate of drug-likeness (QED) is 0.161. The number of halogens is 1. The van der Waals surface area contributed by atoms with Gasteiger partial charge in [0.15, 0.2) is 0 Å². The smallest absolute Gasteiger partial charge is 0.312 e. The number of unbranched alkanes of at least 4 members (excludes halogenated alkanes) is 1. The van der Waals surface area contributed by atoms with Gasteiger partial charge in [-0.05, 0) is 186 Å². The number of allylic oxidation sites excluding steroid dienone is 5. The summed E-state index contributed by atoms with van der Waals surface area (Å²) in [5.41, 5.74) is 2.40. The Hall–Kier alpha value is -1.51. The molecule has 0 amide bonds. The van der Waals surface area contributed by atoms with Crippen molar-refractivity contribution in [2.75, 3.05) is 19.5 Å². The third kappa shape index (κ3) is 7.62. The number of carboxylic acids is 1. The predicted octanol–water partition coefficient (Wildman–Crippen LogP) is 10.6. The lowest BCUT2D eigenvalue weighted by atomic mass is 9.38. The maximum Gasteiger partial charge on any atom is 0.312 e. The van der Waals surface area contributed by atoms with E-state index in [0.29, 0.717) is 74.5 Å². The highest BCUT2D eigenvalue weighted by Crippen LogP contribution is 2.72. The maximum atomic E-state index is 14.1. The minimum absolute atomic E-state index is 0.0464. The molecule has 3 N–H and O–H groups in total. The Morgan fingerprint density at radius 1 is 1.02 bits per heavy atom. The average Bonchev–Trinajstić information content (AvgIpc) is 3.51. The Kier molecular flexibility index (Phi) is 12.2. The van der Waals surface area contributed by atoms with Crippen LogP contribution in [0.15, 0.2) is 35.5 Å². The fourth-order valence-electron chi connectivity index (χ4n) is 14.0. The van der Waals surface area contributed by atoms with Crippen molar-refractivity contribution in [2.24, 2.45) is 51.2 Å². The lowest BCUT2D eigenvalue weighted by Gasteiger charge is -2.68. The first-order chi connectivity index (χ1) is 25.7. The van der Waals surface area contributed by atoms with Crippen LogP contribution in [0.2, 0.25) is 0 Å². The van der Waals surface area contributed by atoms with Crippen LogP contribution in [0.4, 0.5) is 4.39 Å². The standard InChI is InChI=1S/C47H76FNO5S/c1-9-10-11-38(33-14-21-45(31-48,22-15-33)41(50)51)42(4,5)34-16-20-43(6)35(30-34)12-13-39-40-37(32(2)3)19-25-47(40,27-26-44(39,43)7)49-29-28-46(52)23-17-36(18-24-46)55(8,53)54/h11,14,34-37,39-40,49,52H,2,9-10,12-13,15-31H2,1,3-8H3,(H,50,51)/b38-11-/t34-,35-,36-,37+,39-,40-,43-,44-,45+,46+,47+/m1/s1. The monoisotopic (exact) mass is 786 g/mol. The second kappa shape index (κ2) is 15.6. The second-order valence-corrected chi connectivity index (χ2v) is 23.4. The van der Waals surface area contributed by atoms with Crippen molar-refractivity contribution in [3.63, 3.8) is 0 Å². The zero-order valence-electron chi connectivity index (χ0n) is 35.6. The first kappa shape index (κ1) is 43.1. The third-order valence-corrected chi connectivity index (χ3v) is 19.8. The van der Waals surface area contributed by atoms with E-state index in [0.717, 1.165) is 32.2 Å². The fraction of sp³-hybridized carbons (Fsp3) is 0.851. The van der Waals surface area contributed by atoms with Gasteiger partial charge in [0.25, 0.3) is 0 Å². The fourth-order valence-corrected chi connectivity index (χ4v) is 15.1. The van der Waals surface area contributed by atoms with Crippen LogP contribution in [0, 0.1) is 51.2 Å². The van der Waals surface area contributed by atoms with Crippen LogP contribution in [0.5, 0.6) is 0 Å². The van der Waals surface area contributed by atoms with Gasteiger partial charge >= 0.3 is 5.97 Å². The third-order valence-electron chi connectivity index (χ3n) is 18.1. The molecule has 6 nitrogen and oxygen atoms in total. The van der Waals surface area contributed by atoms with Gasteiger partial charge in [-0.1, -0.05) is 65.3 Å². The Morgan fingerprint density at radius 2 is 1.73 bits per heavy atom. The number of sulfone groups is 1. The molecule has 0 aromatic rings. The van der Waals surface area contributed by atoms with E-state index in [1.165, 1.54) is 67.9 Å². The number of nitrogens with one attached hydrogen (secondary N) is 1. The summed E-state index contributed by atoms with van der Waals surface area (Å²) in [4.78, 5) is 12.1. The van der Waals surface area contributed by atoms with E-state index in [4.69, 9.17) is 0 Å². The van der Waals surface area contributed by atoms with Gasteiger partial charge in [0.05, 0.1) is 16.3 Å². The van der Waals surface area contributed by atoms with E-state index >= 15 is 0 Å². The minimum Gasteiger partial charge on any atom is -0.481 e. The largest absolute Gasteiger partial charge is 0.481 e. The highest BCUT2D eigenvalue weighted by atomic mass is 32.2. The number of aliphatic hydroxyl groups is 1. The van der Waals surface area contributed by atoms with Gasteiger partial charge in [0, 0.05) is 11.8 Å². The molecule has 55 heavy (non-hydrogen) atoms. The molecule has 0 heterocycles. The summed E-state index contributed by atoms with van der Waals surface area (Å²) >= 11 is 0. The molecule has 312 valence electrons. The van der Waals surface area contributed by atoms with Crippen molar-refractivity contribution in [3.05, 3.63) is 35.5 Å². The van der Waals surface area contributed by atoms with E-state index in [1.54, 1.807) is 0 Å². The predicted molar refractivity (Wildman–Crippen MR) is 222 cm³/mol. The molecule has 6 aliphatic rings. The summed E-state index contributed by atoms with van der Waals surface area (Å²) < 4.78 is 38.4. The van der Waals surface area contributed by atoms with Crippen LogP contribution >= 0.6 is 0 Å². The number of carbonyl (C=O) groups is 1. The van der Waals surface area contributed by atoms with Crippen LogP contribution < -0.4 is 5.32 Å². The van der Waals surface area contributed by atoms with Crippen molar-refractivity contribution in [2.45, 2.75) is 180 Å². The van der Waals surface area contributed by atoms with Gasteiger partial charge < -0.3 is 15.5 Å². The van der Waals surface area contributed by atoms with Crippen molar-refractivity contribution in [1.82, 2.24) is 5.32 Å². The van der Waals surface area contributed by atoms with E-state index in [9.17, 15) is 27.8 Å². The maximum absolute atomic E-state index is 14.1. The first-order valence-corrected chi connectivity index (χ1v) is 24.2. The molecule has 6 aliphatic carbocycles. The van der Waals surface area contributed by atoms with Crippen LogP contribution in [-0.4, -0.2) is 60.5 Å². The van der Waals surface area contributed by atoms with Gasteiger partial charge in [0.1, 0.15) is 16.5 Å². The molecule has 0 bridgehead atoms. The van der Waals surface area contributed by atoms with E-state index in [-0.39, 0.29) is 33.5 Å². The molecular formula is C47H76FNO5S. The summed E-state index contributed by atoms with van der Waals surface area (Å²) in [5.74, 6) is 1.86. The zero-order valence-corrected chi connectivity index (χ0v) is 36.4. The van der Waals surface area contributed by atoms with Crippen LogP contribution in [0.25, 0.3) is 0 Å². The van der Waals surface area contributed by atoms with Gasteiger partial charge in [-0.15, -0.1) is 0 Å². The molecule has 0 saturated heterocycles. The number of hydrogen-bond acceptors (Lipinski definition) is 5. The lowest BCUT2D eigenvalue weighted by molar-refractivity contribution is -0.176. The van der Waals surface area contributed by atoms with E-state index in [1.807, 2.05) is 0 Å². The Morgan fingerprint density at radius 3 is 2.31 bits per heavy atom. The number of carboxylic acid groups (broad SMARTS) is 1. The summed E-state index contributed by atoms with van der Waals surface area (Å²) in [6.07, 6.45) is 23.0. The molecule has 0 aliphatic heterocycles. The van der Waals surface area contributed by atoms with Crippen LogP contribution in [0.3, 0.4) is 0 Å². The Bertz CT molecular complexity index is 1630. The SMILES string of the molecule is C=C(C)[C@@H]1CC[C@]2(NCC[C@]3(O)CC[C@@H](S(C)(=O)=O)CC3)CC[C@]3(C)[C@H](CC[C@@H]4C[C@H](C(C)(C)/C(=C\CCC)C5=CC[C@](CF)(C(=O)O)CC5)CC[C@]43C)[C@@H]12. The molecule has 0 unspecified atom stereocenters. The number of hydrogen-bond donors (Lipinski definition) is 3. The summed E-state index contributed by atoms with van der Waals surface area (Å²) in [7, 11) is -3.07. The summed E-state index contributed by atoms with van der Waals surface area (Å²) in [6, 6.07) is 0. The Labute approximate surface area is 334 Å². The van der Waals surface area contributed by atoms with Crippen LogP contribution in [-0.2, 0) is 14.6 Å². The highest BCUT2D eigenvalue weighted by molar-refractivity contribution is 7.91. The summed E-state index contributed by atoms with van der Waals surface area (Å²) in [5, 5.41) is 25.2. The molecule has 0 aromatic heterocycles. The van der Waals surface area contributed by atoms with E-state index < -0.39 is 33.5 Å². The van der Waals surface area contributed by atoms with Crippen molar-refractivity contribution < 1.29 is 27.8 Å². The van der Waals surface area contributed by atoms with Gasteiger partial charge in [-0.3, -0.25) is 4.79 Å². The van der Waals surface area contributed by atoms with Gasteiger partial charge in [-0.25, -0.2) is 12.8 Å². The molecule has 9 atom stereocenters. The summed E-state index contributed by atoms with van der Waals surface area (Å²) in [6.45, 7) is 19.2. The molecule has 8 heteroatoms. The Balaban J connectivity index is 1.18. The zero-order chi connectivity index (χ0) is 40.2. The topological polar surface area (TPSA) is 104 Å². The molecule has 0 radical (unpaired) electrons. The first-order valence-electron chi connectivity index (χ1n) is 22.2. The van der Waals surface area contributed by atoms with Crippen molar-refractivity contribution in [1.29, 1.82) is 0 Å². The average molecular weight is 786 g/mol. The highest BCUT2D eigenvalue weighted by Gasteiger charge is 2.67. The molecule has 5 saturated carbocycles. The number of fused-ring (bicyclic) bond motifs is 5.